The maximum atomic E-state index is 5.53. The first-order chi connectivity index (χ1) is 9.59. The van der Waals surface area contributed by atoms with Gasteiger partial charge in [0.1, 0.15) is 5.69 Å². The summed E-state index contributed by atoms with van der Waals surface area (Å²) >= 11 is 10.7. The number of hydrogen-bond donors (Lipinski definition) is 2. The number of H-pyrrole nitrogens is 2. The van der Waals surface area contributed by atoms with Crippen molar-refractivity contribution >= 4 is 24.4 Å². The second-order valence-corrected chi connectivity index (χ2v) is 6.24. The Bertz CT molecular complexity index is 727. The van der Waals surface area contributed by atoms with Crippen LogP contribution in [0.25, 0.3) is 11.5 Å². The maximum absolute atomic E-state index is 5.53. The van der Waals surface area contributed by atoms with Gasteiger partial charge in [-0.3, -0.25) is 5.10 Å². The SMILES string of the molecule is Cc1c(-c2n[nH]c(=S)n2C)[nH]c(=S)n1C1CCCCC1. The summed E-state index contributed by atoms with van der Waals surface area (Å²) in [6, 6.07) is 0.522. The van der Waals surface area contributed by atoms with Gasteiger partial charge in [0.2, 0.25) is 0 Å². The van der Waals surface area contributed by atoms with E-state index >= 15 is 0 Å². The van der Waals surface area contributed by atoms with Crippen LogP contribution in [-0.4, -0.2) is 24.3 Å². The van der Waals surface area contributed by atoms with E-state index in [4.69, 9.17) is 24.4 Å². The largest absolute Gasteiger partial charge is 0.328 e. The lowest BCUT2D eigenvalue weighted by atomic mass is 9.95. The topological polar surface area (TPSA) is 54.3 Å². The van der Waals surface area contributed by atoms with Gasteiger partial charge < -0.3 is 14.1 Å². The Labute approximate surface area is 128 Å². The molecule has 1 saturated carbocycles. The molecule has 0 radical (unpaired) electrons. The second-order valence-electron chi connectivity index (χ2n) is 5.46. The second kappa shape index (κ2) is 5.29. The standard InChI is InChI=1S/C13H19N5S2/c1-8-10(11-15-16-13(20)17(11)2)14-12(19)18(8)9-6-4-3-5-7-9/h9H,3-7H2,1-2H3,(H,14,19)(H,16,20). The van der Waals surface area contributed by atoms with Gasteiger partial charge in [-0.15, -0.1) is 0 Å². The van der Waals surface area contributed by atoms with Crippen molar-refractivity contribution in [3.8, 4) is 11.5 Å². The third-order valence-corrected chi connectivity index (χ3v) is 4.88. The summed E-state index contributed by atoms with van der Waals surface area (Å²) in [5, 5.41) is 7.12. The highest BCUT2D eigenvalue weighted by molar-refractivity contribution is 7.71. The van der Waals surface area contributed by atoms with Crippen molar-refractivity contribution in [1.82, 2.24) is 24.3 Å². The molecule has 0 atom stereocenters. The Morgan fingerprint density at radius 2 is 1.85 bits per heavy atom. The molecule has 7 heteroatoms. The summed E-state index contributed by atoms with van der Waals surface area (Å²) in [5.74, 6) is 0.813. The van der Waals surface area contributed by atoms with Gasteiger partial charge in [-0.1, -0.05) is 19.3 Å². The molecule has 1 aliphatic rings. The van der Waals surface area contributed by atoms with Crippen LogP contribution in [0.1, 0.15) is 43.8 Å². The zero-order chi connectivity index (χ0) is 14.3. The average molecular weight is 309 g/mol. The van der Waals surface area contributed by atoms with Crippen LogP contribution >= 0.6 is 24.4 Å². The maximum Gasteiger partial charge on any atom is 0.195 e. The van der Waals surface area contributed by atoms with Crippen molar-refractivity contribution in [1.29, 1.82) is 0 Å². The van der Waals surface area contributed by atoms with Crippen LogP contribution in [0.2, 0.25) is 0 Å². The van der Waals surface area contributed by atoms with Gasteiger partial charge in [0.25, 0.3) is 0 Å². The van der Waals surface area contributed by atoms with Gasteiger partial charge in [-0.25, -0.2) is 0 Å². The molecule has 2 heterocycles. The van der Waals surface area contributed by atoms with Crippen molar-refractivity contribution in [2.75, 3.05) is 0 Å². The van der Waals surface area contributed by atoms with Crippen LogP contribution in [0.3, 0.4) is 0 Å². The highest BCUT2D eigenvalue weighted by Gasteiger charge is 2.21. The van der Waals surface area contributed by atoms with Crippen molar-refractivity contribution in [3.05, 3.63) is 15.2 Å². The van der Waals surface area contributed by atoms with Crippen LogP contribution in [-0.2, 0) is 7.05 Å². The van der Waals surface area contributed by atoms with E-state index in [-0.39, 0.29) is 0 Å². The fourth-order valence-corrected chi connectivity index (χ4v) is 3.62. The minimum absolute atomic E-state index is 0.522. The predicted molar refractivity (Wildman–Crippen MR) is 83.9 cm³/mol. The number of nitrogens with zero attached hydrogens (tertiary/aromatic N) is 3. The number of imidazole rings is 1. The molecule has 2 N–H and O–H groups in total. The molecule has 0 unspecified atom stereocenters. The van der Waals surface area contributed by atoms with E-state index in [9.17, 15) is 0 Å². The molecule has 108 valence electrons. The summed E-state index contributed by atoms with van der Waals surface area (Å²) < 4.78 is 5.54. The summed E-state index contributed by atoms with van der Waals surface area (Å²) in [6.07, 6.45) is 6.35. The van der Waals surface area contributed by atoms with Gasteiger partial charge in [0.15, 0.2) is 15.4 Å². The monoisotopic (exact) mass is 309 g/mol. The first-order valence-corrected chi connectivity index (χ1v) is 7.84. The van der Waals surface area contributed by atoms with Crippen molar-refractivity contribution < 1.29 is 0 Å². The molecule has 0 aliphatic heterocycles. The van der Waals surface area contributed by atoms with Crippen molar-refractivity contribution in [2.45, 2.75) is 45.1 Å². The van der Waals surface area contributed by atoms with E-state index in [2.05, 4.69) is 26.7 Å². The molecule has 0 bridgehead atoms. The number of rotatable bonds is 2. The van der Waals surface area contributed by atoms with Gasteiger partial charge >= 0.3 is 0 Å². The molecule has 2 aromatic rings. The van der Waals surface area contributed by atoms with E-state index in [1.807, 2.05) is 11.6 Å². The van der Waals surface area contributed by atoms with E-state index in [0.717, 1.165) is 22.0 Å². The van der Waals surface area contributed by atoms with Gasteiger partial charge in [0, 0.05) is 18.8 Å². The van der Waals surface area contributed by atoms with Crippen molar-refractivity contribution in [2.24, 2.45) is 7.05 Å². The van der Waals surface area contributed by atoms with Crippen LogP contribution in [0, 0.1) is 16.5 Å². The number of hydrogen-bond acceptors (Lipinski definition) is 3. The van der Waals surface area contributed by atoms with Gasteiger partial charge in [0.05, 0.1) is 0 Å². The zero-order valence-electron chi connectivity index (χ0n) is 11.8. The number of nitrogens with one attached hydrogen (secondary N) is 2. The normalized spacial score (nSPS) is 16.7. The highest BCUT2D eigenvalue weighted by Crippen LogP contribution is 2.32. The molecule has 0 spiro atoms. The molecule has 3 rings (SSSR count). The molecule has 0 aromatic carbocycles. The summed E-state index contributed by atoms with van der Waals surface area (Å²) in [6.45, 7) is 2.11. The zero-order valence-corrected chi connectivity index (χ0v) is 13.4. The summed E-state index contributed by atoms with van der Waals surface area (Å²) in [7, 11) is 1.91. The van der Waals surface area contributed by atoms with Gasteiger partial charge in [-0.2, -0.15) is 5.10 Å². The minimum Gasteiger partial charge on any atom is -0.328 e. The Kier molecular flexibility index (Phi) is 3.64. The highest BCUT2D eigenvalue weighted by atomic mass is 32.1. The Hall–Kier alpha value is -1.21. The van der Waals surface area contributed by atoms with Gasteiger partial charge in [-0.05, 0) is 44.2 Å². The average Bonchev–Trinajstić information content (AvgIpc) is 2.92. The minimum atomic E-state index is 0.522. The Balaban J connectivity index is 2.09. The lowest BCUT2D eigenvalue weighted by Crippen LogP contribution is -2.14. The van der Waals surface area contributed by atoms with E-state index in [1.165, 1.54) is 32.1 Å². The molecule has 1 fully saturated rings. The Morgan fingerprint density at radius 3 is 2.45 bits per heavy atom. The molecule has 1 aliphatic carbocycles. The van der Waals surface area contributed by atoms with Crippen LogP contribution in [0.15, 0.2) is 0 Å². The molecule has 2 aromatic heterocycles. The molecule has 0 amide bonds. The molecular weight excluding hydrogens is 290 g/mol. The van der Waals surface area contributed by atoms with E-state index in [1.54, 1.807) is 0 Å². The third-order valence-electron chi connectivity index (χ3n) is 4.22. The Morgan fingerprint density at radius 1 is 1.15 bits per heavy atom. The quantitative estimate of drug-likeness (QED) is 0.829. The van der Waals surface area contributed by atoms with E-state index < -0.39 is 0 Å². The summed E-state index contributed by atoms with van der Waals surface area (Å²) in [4.78, 5) is 3.31. The van der Waals surface area contributed by atoms with Crippen LogP contribution in [0.4, 0.5) is 0 Å². The first kappa shape index (κ1) is 13.8. The first-order valence-electron chi connectivity index (χ1n) is 7.02. The van der Waals surface area contributed by atoms with Crippen LogP contribution in [0.5, 0.6) is 0 Å². The fourth-order valence-electron chi connectivity index (χ4n) is 3.10. The molecular formula is C13H19N5S2. The van der Waals surface area contributed by atoms with Crippen LogP contribution < -0.4 is 0 Å². The predicted octanol–water partition coefficient (Wildman–Crippen LogP) is 3.82. The molecule has 20 heavy (non-hydrogen) atoms. The smallest absolute Gasteiger partial charge is 0.195 e. The third kappa shape index (κ3) is 2.18. The van der Waals surface area contributed by atoms with Crippen molar-refractivity contribution in [3.63, 3.8) is 0 Å². The number of aromatic amines is 2. The summed E-state index contributed by atoms with van der Waals surface area (Å²) in [5.41, 5.74) is 2.12. The lowest BCUT2D eigenvalue weighted by Gasteiger charge is -2.24. The molecule has 0 saturated heterocycles. The lowest BCUT2D eigenvalue weighted by molar-refractivity contribution is 0.346. The van der Waals surface area contributed by atoms with E-state index in [0.29, 0.717) is 10.8 Å². The number of aromatic nitrogens is 5. The fraction of sp³-hybridized carbons (Fsp3) is 0.615. The molecule has 5 nitrogen and oxygen atoms in total.